The van der Waals surface area contributed by atoms with Gasteiger partial charge in [0.1, 0.15) is 0 Å². The zero-order chi connectivity index (χ0) is 13.7. The topological polar surface area (TPSA) is 21.3 Å². The molecule has 0 spiro atoms. The predicted octanol–water partition coefficient (Wildman–Crippen LogP) is 3.86. The lowest BCUT2D eigenvalue weighted by Crippen LogP contribution is -2.43. The van der Waals surface area contributed by atoms with Gasteiger partial charge in [-0.1, -0.05) is 44.0 Å². The van der Waals surface area contributed by atoms with Crippen molar-refractivity contribution < 1.29 is 4.74 Å². The van der Waals surface area contributed by atoms with Crippen molar-refractivity contribution in [2.75, 3.05) is 13.7 Å². The Bertz CT molecular complexity index is 396. The lowest BCUT2D eigenvalue weighted by molar-refractivity contribution is -0.0610. The molecule has 106 valence electrons. The summed E-state index contributed by atoms with van der Waals surface area (Å²) in [6.45, 7) is 5.11. The van der Waals surface area contributed by atoms with Gasteiger partial charge >= 0.3 is 0 Å². The molecule has 0 radical (unpaired) electrons. The van der Waals surface area contributed by atoms with E-state index < -0.39 is 0 Å². The van der Waals surface area contributed by atoms with E-state index in [1.165, 1.54) is 36.8 Å². The van der Waals surface area contributed by atoms with Gasteiger partial charge in [-0.05, 0) is 44.4 Å². The van der Waals surface area contributed by atoms with Crippen LogP contribution in [0.15, 0.2) is 24.3 Å². The summed E-state index contributed by atoms with van der Waals surface area (Å²) >= 11 is 0. The average Bonchev–Trinajstić information content (AvgIpc) is 2.90. The molecule has 2 nitrogen and oxygen atoms in total. The Labute approximate surface area is 117 Å². The van der Waals surface area contributed by atoms with E-state index in [0.717, 1.165) is 13.0 Å². The fraction of sp³-hybridized carbons (Fsp3) is 0.647. The SMILES string of the molecule is CCOC1(C(NC)c2cccc(CC)c2)CCCC1. The molecular weight excluding hydrogens is 234 g/mol. The number of nitrogens with one attached hydrogen (secondary N) is 1. The summed E-state index contributed by atoms with van der Waals surface area (Å²) in [6, 6.07) is 9.26. The number of likely N-dealkylation sites (N-methyl/N-ethyl adjacent to an activating group) is 1. The molecule has 0 bridgehead atoms. The zero-order valence-corrected chi connectivity index (χ0v) is 12.5. The Morgan fingerprint density at radius 3 is 2.58 bits per heavy atom. The van der Waals surface area contributed by atoms with Crippen molar-refractivity contribution in [2.45, 2.75) is 57.6 Å². The highest BCUT2D eigenvalue weighted by molar-refractivity contribution is 5.28. The molecule has 1 N–H and O–H groups in total. The summed E-state index contributed by atoms with van der Waals surface area (Å²) in [4.78, 5) is 0. The molecule has 1 aromatic rings. The molecular formula is C17H27NO. The smallest absolute Gasteiger partial charge is 0.0876 e. The summed E-state index contributed by atoms with van der Waals surface area (Å²) in [5.41, 5.74) is 2.77. The minimum atomic E-state index is -0.00410. The predicted molar refractivity (Wildman–Crippen MR) is 80.4 cm³/mol. The monoisotopic (exact) mass is 261 g/mol. The summed E-state index contributed by atoms with van der Waals surface area (Å²) in [5.74, 6) is 0. The molecule has 1 aliphatic carbocycles. The first-order valence-electron chi connectivity index (χ1n) is 7.66. The van der Waals surface area contributed by atoms with Crippen LogP contribution in [0.25, 0.3) is 0 Å². The molecule has 0 aliphatic heterocycles. The van der Waals surface area contributed by atoms with Gasteiger partial charge in [0.2, 0.25) is 0 Å². The highest BCUT2D eigenvalue weighted by Gasteiger charge is 2.42. The van der Waals surface area contributed by atoms with Gasteiger partial charge in [0.15, 0.2) is 0 Å². The highest BCUT2D eigenvalue weighted by Crippen LogP contribution is 2.42. The van der Waals surface area contributed by atoms with Crippen molar-refractivity contribution in [2.24, 2.45) is 0 Å². The second-order valence-electron chi connectivity index (χ2n) is 5.53. The van der Waals surface area contributed by atoms with Gasteiger partial charge in [0.25, 0.3) is 0 Å². The number of benzene rings is 1. The van der Waals surface area contributed by atoms with Gasteiger partial charge < -0.3 is 10.1 Å². The Hall–Kier alpha value is -0.860. The van der Waals surface area contributed by atoms with Crippen LogP contribution in [-0.2, 0) is 11.2 Å². The molecule has 2 rings (SSSR count). The van der Waals surface area contributed by atoms with Crippen molar-refractivity contribution >= 4 is 0 Å². The van der Waals surface area contributed by atoms with Crippen LogP contribution in [0.2, 0.25) is 0 Å². The fourth-order valence-corrected chi connectivity index (χ4v) is 3.50. The van der Waals surface area contributed by atoms with Gasteiger partial charge in [-0.2, -0.15) is 0 Å². The molecule has 1 atom stereocenters. The number of hydrogen-bond donors (Lipinski definition) is 1. The van der Waals surface area contributed by atoms with Gasteiger partial charge in [-0.25, -0.2) is 0 Å². The minimum absolute atomic E-state index is 0.00410. The standard InChI is InChI=1S/C17H27NO/c1-4-14-9-8-10-15(13-14)16(18-3)17(19-5-2)11-6-7-12-17/h8-10,13,16,18H,4-7,11-12H2,1-3H3. The van der Waals surface area contributed by atoms with Crippen molar-refractivity contribution in [3.05, 3.63) is 35.4 Å². The van der Waals surface area contributed by atoms with E-state index in [0.29, 0.717) is 6.04 Å². The Morgan fingerprint density at radius 1 is 1.26 bits per heavy atom. The molecule has 0 aromatic heterocycles. The van der Waals surface area contributed by atoms with Crippen LogP contribution in [0.4, 0.5) is 0 Å². The van der Waals surface area contributed by atoms with Gasteiger partial charge in [-0.15, -0.1) is 0 Å². The normalized spacial score (nSPS) is 19.5. The summed E-state index contributed by atoms with van der Waals surface area (Å²) in [7, 11) is 2.06. The molecule has 1 aromatic carbocycles. The molecule has 1 fully saturated rings. The third-order valence-corrected chi connectivity index (χ3v) is 4.39. The third-order valence-electron chi connectivity index (χ3n) is 4.39. The van der Waals surface area contributed by atoms with Crippen molar-refractivity contribution in [3.63, 3.8) is 0 Å². The van der Waals surface area contributed by atoms with Gasteiger partial charge in [0, 0.05) is 6.61 Å². The Kier molecular flexibility index (Phi) is 5.00. The molecule has 1 aliphatic rings. The van der Waals surface area contributed by atoms with Crippen LogP contribution in [0.1, 0.15) is 56.7 Å². The first-order chi connectivity index (χ1) is 9.25. The van der Waals surface area contributed by atoms with E-state index in [-0.39, 0.29) is 5.60 Å². The van der Waals surface area contributed by atoms with Crippen molar-refractivity contribution in [1.82, 2.24) is 5.32 Å². The molecule has 0 amide bonds. The van der Waals surface area contributed by atoms with Crippen molar-refractivity contribution in [1.29, 1.82) is 0 Å². The van der Waals surface area contributed by atoms with Crippen LogP contribution in [0, 0.1) is 0 Å². The second kappa shape index (κ2) is 6.53. The maximum atomic E-state index is 6.21. The van der Waals surface area contributed by atoms with E-state index in [9.17, 15) is 0 Å². The lowest BCUT2D eigenvalue weighted by atomic mass is 9.86. The first kappa shape index (κ1) is 14.5. The largest absolute Gasteiger partial charge is 0.373 e. The van der Waals surface area contributed by atoms with E-state index >= 15 is 0 Å². The summed E-state index contributed by atoms with van der Waals surface area (Å²) in [5, 5.41) is 3.51. The zero-order valence-electron chi connectivity index (χ0n) is 12.5. The Balaban J connectivity index is 2.31. The van der Waals surface area contributed by atoms with Crippen LogP contribution in [-0.4, -0.2) is 19.3 Å². The average molecular weight is 261 g/mol. The Morgan fingerprint density at radius 2 is 2.00 bits per heavy atom. The number of ether oxygens (including phenoxy) is 1. The van der Waals surface area contributed by atoms with E-state index in [2.05, 4.69) is 50.5 Å². The highest BCUT2D eigenvalue weighted by atomic mass is 16.5. The van der Waals surface area contributed by atoms with Crippen LogP contribution in [0.5, 0.6) is 0 Å². The summed E-state index contributed by atoms with van der Waals surface area (Å²) in [6.07, 6.45) is 5.99. The quantitative estimate of drug-likeness (QED) is 0.839. The van der Waals surface area contributed by atoms with Gasteiger partial charge in [0.05, 0.1) is 11.6 Å². The molecule has 2 heteroatoms. The van der Waals surface area contributed by atoms with Crippen LogP contribution in [0.3, 0.4) is 0 Å². The van der Waals surface area contributed by atoms with E-state index in [1.807, 2.05) is 0 Å². The maximum Gasteiger partial charge on any atom is 0.0876 e. The molecule has 0 saturated heterocycles. The van der Waals surface area contributed by atoms with Gasteiger partial charge in [-0.3, -0.25) is 0 Å². The van der Waals surface area contributed by atoms with E-state index in [1.54, 1.807) is 0 Å². The lowest BCUT2D eigenvalue weighted by Gasteiger charge is -2.37. The summed E-state index contributed by atoms with van der Waals surface area (Å²) < 4.78 is 6.21. The maximum absolute atomic E-state index is 6.21. The third kappa shape index (κ3) is 3.01. The molecule has 19 heavy (non-hydrogen) atoms. The number of rotatable bonds is 6. The second-order valence-corrected chi connectivity index (χ2v) is 5.53. The molecule has 1 saturated carbocycles. The molecule has 0 heterocycles. The first-order valence-corrected chi connectivity index (χ1v) is 7.66. The van der Waals surface area contributed by atoms with Crippen molar-refractivity contribution in [3.8, 4) is 0 Å². The van der Waals surface area contributed by atoms with Crippen LogP contribution < -0.4 is 5.32 Å². The number of aryl methyl sites for hydroxylation is 1. The fourth-order valence-electron chi connectivity index (χ4n) is 3.50. The van der Waals surface area contributed by atoms with Crippen LogP contribution >= 0.6 is 0 Å². The number of hydrogen-bond acceptors (Lipinski definition) is 2. The van der Waals surface area contributed by atoms with E-state index in [4.69, 9.17) is 4.74 Å². The molecule has 1 unspecified atom stereocenters. The minimum Gasteiger partial charge on any atom is -0.373 e.